The molecule has 0 heterocycles. The summed E-state index contributed by atoms with van der Waals surface area (Å²) in [7, 11) is 0. The minimum atomic E-state index is -0.777. The maximum absolute atomic E-state index is 11.7. The third-order valence-corrected chi connectivity index (χ3v) is 4.07. The second-order valence-corrected chi connectivity index (χ2v) is 7.46. The monoisotopic (exact) mass is 300 g/mol. The first kappa shape index (κ1) is 20.1. The number of unbranched alkanes of at least 4 members (excludes halogenated alkanes) is 2. The van der Waals surface area contributed by atoms with Crippen molar-refractivity contribution in [2.45, 2.75) is 79.1 Å². The number of carboxylic acids is 1. The first-order chi connectivity index (χ1) is 9.60. The van der Waals surface area contributed by atoms with Crippen molar-refractivity contribution in [3.8, 4) is 0 Å². The molecule has 0 bridgehead atoms. The molecule has 0 aliphatic carbocycles. The summed E-state index contributed by atoms with van der Waals surface area (Å²) in [6.07, 6.45) is 6.10. The molecule has 0 aliphatic rings. The number of rotatable bonds is 12. The highest BCUT2D eigenvalue weighted by molar-refractivity contribution is 5.78. The Morgan fingerprint density at radius 3 is 1.76 bits per heavy atom. The Bertz CT molecular complexity index is 332. The van der Waals surface area contributed by atoms with Crippen molar-refractivity contribution in [1.29, 1.82) is 0 Å². The molecule has 0 amide bonds. The Kier molecular flexibility index (Phi) is 8.79. The van der Waals surface area contributed by atoms with Crippen molar-refractivity contribution >= 4 is 11.8 Å². The number of aliphatic hydroxyl groups excluding tert-OH is 1. The van der Waals surface area contributed by atoms with Crippen molar-refractivity contribution in [1.82, 2.24) is 0 Å². The number of hydrogen-bond donors (Lipinski definition) is 2. The van der Waals surface area contributed by atoms with E-state index in [0.29, 0.717) is 19.3 Å². The van der Waals surface area contributed by atoms with Gasteiger partial charge in [0.1, 0.15) is 5.78 Å². The van der Waals surface area contributed by atoms with Gasteiger partial charge in [0, 0.05) is 19.4 Å². The maximum atomic E-state index is 11.7. The topological polar surface area (TPSA) is 74.6 Å². The van der Waals surface area contributed by atoms with E-state index in [1.54, 1.807) is 13.8 Å². The maximum Gasteiger partial charge on any atom is 0.309 e. The lowest BCUT2D eigenvalue weighted by Gasteiger charge is -2.20. The molecule has 0 fully saturated rings. The smallest absolute Gasteiger partial charge is 0.309 e. The van der Waals surface area contributed by atoms with Gasteiger partial charge in [-0.3, -0.25) is 9.59 Å². The number of carbonyl (C=O) groups excluding carboxylic acids is 1. The van der Waals surface area contributed by atoms with Crippen LogP contribution < -0.4 is 0 Å². The fourth-order valence-electron chi connectivity index (χ4n) is 2.13. The molecule has 0 aromatic rings. The van der Waals surface area contributed by atoms with Gasteiger partial charge in [-0.1, -0.05) is 26.7 Å². The van der Waals surface area contributed by atoms with E-state index in [1.807, 2.05) is 13.8 Å². The molecule has 0 aromatic carbocycles. The third kappa shape index (κ3) is 9.62. The summed E-state index contributed by atoms with van der Waals surface area (Å²) >= 11 is 0. The predicted molar refractivity (Wildman–Crippen MR) is 84.2 cm³/mol. The SMILES string of the molecule is CC(C)(CO)CCCCC(=O)CCCCC(C)(C)C(=O)O. The molecule has 21 heavy (non-hydrogen) atoms. The highest BCUT2D eigenvalue weighted by Gasteiger charge is 2.26. The Morgan fingerprint density at radius 2 is 1.33 bits per heavy atom. The number of hydrogen-bond acceptors (Lipinski definition) is 3. The number of aliphatic carboxylic acids is 1. The molecule has 0 spiro atoms. The van der Waals surface area contributed by atoms with E-state index in [4.69, 9.17) is 10.2 Å². The van der Waals surface area contributed by atoms with Gasteiger partial charge in [-0.05, 0) is 44.9 Å². The number of carboxylic acid groups (broad SMARTS) is 1. The van der Waals surface area contributed by atoms with E-state index in [9.17, 15) is 9.59 Å². The number of carbonyl (C=O) groups is 2. The zero-order valence-electron chi connectivity index (χ0n) is 14.1. The number of ketones is 1. The fraction of sp³-hybridized carbons (Fsp3) is 0.882. The average molecular weight is 300 g/mol. The molecule has 0 atom stereocenters. The van der Waals surface area contributed by atoms with Crippen LogP contribution in [0.15, 0.2) is 0 Å². The molecule has 0 saturated heterocycles. The Morgan fingerprint density at radius 1 is 0.857 bits per heavy atom. The lowest BCUT2D eigenvalue weighted by atomic mass is 9.86. The van der Waals surface area contributed by atoms with Crippen molar-refractivity contribution in [2.75, 3.05) is 6.61 Å². The third-order valence-electron chi connectivity index (χ3n) is 4.07. The quantitative estimate of drug-likeness (QED) is 0.537. The first-order valence-corrected chi connectivity index (χ1v) is 7.97. The lowest BCUT2D eigenvalue weighted by molar-refractivity contribution is -0.147. The molecule has 4 heteroatoms. The Balaban J connectivity index is 3.67. The van der Waals surface area contributed by atoms with Crippen LogP contribution in [0.4, 0.5) is 0 Å². The van der Waals surface area contributed by atoms with Gasteiger partial charge in [-0.2, -0.15) is 0 Å². The van der Waals surface area contributed by atoms with Gasteiger partial charge >= 0.3 is 5.97 Å². The van der Waals surface area contributed by atoms with Crippen molar-refractivity contribution in [3.63, 3.8) is 0 Å². The van der Waals surface area contributed by atoms with Gasteiger partial charge in [0.05, 0.1) is 5.41 Å². The number of aliphatic hydroxyl groups is 1. The van der Waals surface area contributed by atoms with Gasteiger partial charge < -0.3 is 10.2 Å². The van der Waals surface area contributed by atoms with Gasteiger partial charge in [-0.15, -0.1) is 0 Å². The predicted octanol–water partition coefficient (Wildman–Crippen LogP) is 3.81. The summed E-state index contributed by atoms with van der Waals surface area (Å²) in [6, 6.07) is 0. The van der Waals surface area contributed by atoms with Crippen LogP contribution >= 0.6 is 0 Å². The number of Topliss-reactive ketones (excluding diaryl/α,β-unsaturated/α-hetero) is 1. The minimum Gasteiger partial charge on any atom is -0.481 e. The van der Waals surface area contributed by atoms with Crippen molar-refractivity contribution < 1.29 is 19.8 Å². The van der Waals surface area contributed by atoms with Crippen LogP contribution in [0, 0.1) is 10.8 Å². The summed E-state index contributed by atoms with van der Waals surface area (Å²) in [5.41, 5.74) is -0.746. The summed E-state index contributed by atoms with van der Waals surface area (Å²) < 4.78 is 0. The van der Waals surface area contributed by atoms with Gasteiger partial charge in [0.15, 0.2) is 0 Å². The molecule has 0 aromatic heterocycles. The van der Waals surface area contributed by atoms with E-state index < -0.39 is 11.4 Å². The summed E-state index contributed by atoms with van der Waals surface area (Å²) in [4.78, 5) is 22.7. The van der Waals surface area contributed by atoms with Crippen LogP contribution in [0.1, 0.15) is 79.1 Å². The molecular weight excluding hydrogens is 268 g/mol. The van der Waals surface area contributed by atoms with Gasteiger partial charge in [-0.25, -0.2) is 0 Å². The largest absolute Gasteiger partial charge is 0.481 e. The van der Waals surface area contributed by atoms with Crippen LogP contribution in [0.3, 0.4) is 0 Å². The molecule has 124 valence electrons. The zero-order valence-corrected chi connectivity index (χ0v) is 14.1. The van der Waals surface area contributed by atoms with Gasteiger partial charge in [0.25, 0.3) is 0 Å². The van der Waals surface area contributed by atoms with Gasteiger partial charge in [0.2, 0.25) is 0 Å². The Labute approximate surface area is 128 Å². The molecule has 0 radical (unpaired) electrons. The zero-order chi connectivity index (χ0) is 16.5. The molecule has 0 aliphatic heterocycles. The van der Waals surface area contributed by atoms with Crippen molar-refractivity contribution in [2.24, 2.45) is 10.8 Å². The fourth-order valence-corrected chi connectivity index (χ4v) is 2.13. The summed E-state index contributed by atoms with van der Waals surface area (Å²) in [5.74, 6) is -0.509. The minimum absolute atomic E-state index is 0.0501. The van der Waals surface area contributed by atoms with Crippen molar-refractivity contribution in [3.05, 3.63) is 0 Å². The highest BCUT2D eigenvalue weighted by atomic mass is 16.4. The van der Waals surface area contributed by atoms with E-state index in [2.05, 4.69) is 0 Å². The second-order valence-electron chi connectivity index (χ2n) is 7.46. The molecule has 4 nitrogen and oxygen atoms in total. The van der Waals surface area contributed by atoms with E-state index >= 15 is 0 Å². The molecule has 0 saturated carbocycles. The normalized spacial score (nSPS) is 12.4. The first-order valence-electron chi connectivity index (χ1n) is 7.97. The highest BCUT2D eigenvalue weighted by Crippen LogP contribution is 2.24. The van der Waals surface area contributed by atoms with E-state index in [1.165, 1.54) is 0 Å². The lowest BCUT2D eigenvalue weighted by Crippen LogP contribution is -2.23. The standard InChI is InChI=1S/C17H32O4/c1-16(2,13-18)11-7-5-9-14(19)10-6-8-12-17(3,4)15(20)21/h18H,5-13H2,1-4H3,(H,20,21). The average Bonchev–Trinajstić information content (AvgIpc) is 2.39. The molecule has 0 unspecified atom stereocenters. The molecule has 2 N–H and O–H groups in total. The van der Waals surface area contributed by atoms with Crippen LogP contribution in [0.2, 0.25) is 0 Å². The van der Waals surface area contributed by atoms with Crippen LogP contribution in [-0.2, 0) is 9.59 Å². The Hall–Kier alpha value is -0.900. The van der Waals surface area contributed by atoms with E-state index in [-0.39, 0.29) is 17.8 Å². The van der Waals surface area contributed by atoms with Crippen LogP contribution in [-0.4, -0.2) is 28.6 Å². The second kappa shape index (κ2) is 9.19. The molecular formula is C17H32O4. The molecule has 0 rings (SSSR count). The van der Waals surface area contributed by atoms with Crippen LogP contribution in [0.5, 0.6) is 0 Å². The summed E-state index contributed by atoms with van der Waals surface area (Å²) in [5, 5.41) is 18.1. The van der Waals surface area contributed by atoms with Crippen LogP contribution in [0.25, 0.3) is 0 Å². The summed E-state index contributed by atoms with van der Waals surface area (Å²) in [6.45, 7) is 7.68. The van der Waals surface area contributed by atoms with E-state index in [0.717, 1.165) is 32.1 Å².